The molecule has 4 rings (SSSR count). The van der Waals surface area contributed by atoms with Gasteiger partial charge in [0.05, 0.1) is 11.1 Å². The molecule has 0 radical (unpaired) electrons. The molecule has 0 N–H and O–H groups in total. The molecule has 0 bridgehead atoms. The molecule has 0 saturated carbocycles. The Morgan fingerprint density at radius 3 is 2.40 bits per heavy atom. The minimum atomic E-state index is -0.449. The van der Waals surface area contributed by atoms with Crippen LogP contribution in [0.3, 0.4) is 0 Å². The maximum Gasteiger partial charge on any atom is 0.343 e. The first-order valence-electron chi connectivity index (χ1n) is 11.9. The molecule has 0 fully saturated rings. The number of hydrogen-bond donors (Lipinski definition) is 0. The van der Waals surface area contributed by atoms with E-state index in [1.807, 2.05) is 56.3 Å². The molecule has 1 aromatic heterocycles. The number of rotatable bonds is 6. The number of pyridine rings is 1. The summed E-state index contributed by atoms with van der Waals surface area (Å²) in [5, 5.41) is 0. The van der Waals surface area contributed by atoms with E-state index in [2.05, 4.69) is 23.7 Å². The monoisotopic (exact) mass is 463 g/mol. The number of ether oxygens (including phenoxy) is 1. The molecule has 1 atom stereocenters. The Labute approximate surface area is 207 Å². The molecule has 35 heavy (non-hydrogen) atoms. The van der Waals surface area contributed by atoms with Gasteiger partial charge in [0.2, 0.25) is 0 Å². The quantitative estimate of drug-likeness (QED) is 0.331. The van der Waals surface area contributed by atoms with Crippen LogP contribution in [-0.2, 0) is 22.4 Å². The number of allylic oxidation sites excluding steroid dienone is 2. The lowest BCUT2D eigenvalue weighted by Crippen LogP contribution is -2.14. The highest BCUT2D eigenvalue weighted by Crippen LogP contribution is 2.40. The normalized spacial score (nSPS) is 15.1. The molecule has 176 valence electrons. The zero-order valence-corrected chi connectivity index (χ0v) is 20.6. The van der Waals surface area contributed by atoms with E-state index in [0.717, 1.165) is 39.9 Å². The van der Waals surface area contributed by atoms with Crippen molar-refractivity contribution in [3.63, 3.8) is 0 Å². The van der Waals surface area contributed by atoms with Crippen LogP contribution in [0.25, 0.3) is 5.57 Å². The zero-order valence-electron chi connectivity index (χ0n) is 20.6. The highest BCUT2D eigenvalue weighted by molar-refractivity contribution is 6.25. The number of aryl methyl sites for hydroxylation is 3. The summed E-state index contributed by atoms with van der Waals surface area (Å²) in [4.78, 5) is 31.2. The molecule has 2 aromatic carbocycles. The van der Waals surface area contributed by atoms with E-state index >= 15 is 0 Å². The van der Waals surface area contributed by atoms with Gasteiger partial charge in [-0.15, -0.1) is 5.92 Å². The fourth-order valence-electron chi connectivity index (χ4n) is 4.67. The summed E-state index contributed by atoms with van der Waals surface area (Å²) < 4.78 is 5.94. The summed E-state index contributed by atoms with van der Waals surface area (Å²) in [6, 6.07) is 17.1. The van der Waals surface area contributed by atoms with Crippen LogP contribution in [0.2, 0.25) is 0 Å². The second kappa shape index (κ2) is 10.5. The summed E-state index contributed by atoms with van der Waals surface area (Å²) in [6.45, 7) is 7.81. The highest BCUT2D eigenvalue weighted by atomic mass is 16.5. The molecule has 1 heterocycles. The van der Waals surface area contributed by atoms with Crippen molar-refractivity contribution >= 4 is 17.3 Å². The second-order valence-electron chi connectivity index (χ2n) is 8.89. The van der Waals surface area contributed by atoms with E-state index in [0.29, 0.717) is 29.7 Å². The van der Waals surface area contributed by atoms with Crippen molar-refractivity contribution in [1.29, 1.82) is 0 Å². The van der Waals surface area contributed by atoms with E-state index in [1.165, 1.54) is 0 Å². The lowest BCUT2D eigenvalue weighted by molar-refractivity contribution is -0.116. The van der Waals surface area contributed by atoms with E-state index in [9.17, 15) is 9.59 Å². The fraction of sp³-hybridized carbons (Fsp3) is 0.258. The number of carbonyl (C=O) groups excluding carboxylic acids is 2. The number of esters is 1. The first kappa shape index (κ1) is 24.2. The SMILES string of the molecule is CC#Cc1cc(C)c(C2=C(OC(=O)c3ccc(CC)cc3)CC(Cc3ccccn3)C2=O)c(C)c1. The van der Waals surface area contributed by atoms with Crippen LogP contribution in [0.15, 0.2) is 66.6 Å². The van der Waals surface area contributed by atoms with Crippen LogP contribution in [0.1, 0.15) is 64.1 Å². The fourth-order valence-corrected chi connectivity index (χ4v) is 4.67. The van der Waals surface area contributed by atoms with Gasteiger partial charge in [0, 0.05) is 36.2 Å². The molecule has 1 aliphatic carbocycles. The van der Waals surface area contributed by atoms with E-state index in [4.69, 9.17) is 4.74 Å². The van der Waals surface area contributed by atoms with Crippen LogP contribution in [0.4, 0.5) is 0 Å². The predicted octanol–water partition coefficient (Wildman–Crippen LogP) is 6.03. The first-order valence-corrected chi connectivity index (χ1v) is 11.9. The zero-order chi connectivity index (χ0) is 24.9. The van der Waals surface area contributed by atoms with Gasteiger partial charge in [0.15, 0.2) is 5.78 Å². The summed E-state index contributed by atoms with van der Waals surface area (Å²) >= 11 is 0. The largest absolute Gasteiger partial charge is 0.427 e. The predicted molar refractivity (Wildman–Crippen MR) is 138 cm³/mol. The van der Waals surface area contributed by atoms with Crippen molar-refractivity contribution in [3.05, 3.63) is 106 Å². The van der Waals surface area contributed by atoms with Crippen molar-refractivity contribution < 1.29 is 14.3 Å². The third-order valence-corrected chi connectivity index (χ3v) is 6.38. The topological polar surface area (TPSA) is 56.3 Å². The van der Waals surface area contributed by atoms with Crippen molar-refractivity contribution in [2.75, 3.05) is 0 Å². The Hall–Kier alpha value is -3.97. The van der Waals surface area contributed by atoms with Gasteiger partial charge in [-0.3, -0.25) is 9.78 Å². The summed E-state index contributed by atoms with van der Waals surface area (Å²) in [6.07, 6.45) is 3.48. The summed E-state index contributed by atoms with van der Waals surface area (Å²) in [7, 11) is 0. The highest BCUT2D eigenvalue weighted by Gasteiger charge is 2.37. The number of carbonyl (C=O) groups is 2. The number of benzene rings is 2. The minimum absolute atomic E-state index is 0.0136. The number of nitrogens with zero attached hydrogens (tertiary/aromatic N) is 1. The van der Waals surface area contributed by atoms with E-state index < -0.39 is 5.97 Å². The molecule has 0 aliphatic heterocycles. The van der Waals surface area contributed by atoms with Gasteiger partial charge in [-0.2, -0.15) is 0 Å². The average molecular weight is 464 g/mol. The van der Waals surface area contributed by atoms with Gasteiger partial charge >= 0.3 is 5.97 Å². The van der Waals surface area contributed by atoms with Crippen molar-refractivity contribution in [1.82, 2.24) is 4.98 Å². The maximum absolute atomic E-state index is 13.7. The lowest BCUT2D eigenvalue weighted by atomic mass is 9.89. The Morgan fingerprint density at radius 2 is 1.80 bits per heavy atom. The molecule has 4 nitrogen and oxygen atoms in total. The Bertz CT molecular complexity index is 1330. The molecular weight excluding hydrogens is 434 g/mol. The Morgan fingerprint density at radius 1 is 1.09 bits per heavy atom. The Kier molecular flexibility index (Phi) is 7.27. The summed E-state index contributed by atoms with van der Waals surface area (Å²) in [5.74, 6) is 5.65. The Balaban J connectivity index is 1.73. The smallest absolute Gasteiger partial charge is 0.343 e. The number of Topliss-reactive ketones (excluding diaryl/α,β-unsaturated/α-hetero) is 1. The number of ketones is 1. The molecule has 0 saturated heterocycles. The van der Waals surface area contributed by atoms with Crippen molar-refractivity contribution in [3.8, 4) is 11.8 Å². The van der Waals surface area contributed by atoms with Gasteiger partial charge in [0.1, 0.15) is 5.76 Å². The molecule has 0 amide bonds. The minimum Gasteiger partial charge on any atom is -0.427 e. The van der Waals surface area contributed by atoms with Gasteiger partial charge in [-0.1, -0.05) is 31.0 Å². The third kappa shape index (κ3) is 5.25. The second-order valence-corrected chi connectivity index (χ2v) is 8.89. The molecule has 1 aliphatic rings. The molecule has 1 unspecified atom stereocenters. The number of hydrogen-bond acceptors (Lipinski definition) is 4. The van der Waals surface area contributed by atoms with Crippen LogP contribution in [0.5, 0.6) is 0 Å². The van der Waals surface area contributed by atoms with E-state index in [1.54, 1.807) is 25.3 Å². The molecular formula is C31H29NO3. The van der Waals surface area contributed by atoms with Gasteiger partial charge in [-0.05, 0) is 85.8 Å². The van der Waals surface area contributed by atoms with Crippen molar-refractivity contribution in [2.24, 2.45) is 5.92 Å². The molecule has 4 heteroatoms. The number of aromatic nitrogens is 1. The van der Waals surface area contributed by atoms with E-state index in [-0.39, 0.29) is 11.7 Å². The first-order chi connectivity index (χ1) is 16.9. The van der Waals surface area contributed by atoms with Crippen LogP contribution in [0, 0.1) is 31.6 Å². The van der Waals surface area contributed by atoms with Crippen LogP contribution >= 0.6 is 0 Å². The average Bonchev–Trinajstić information content (AvgIpc) is 3.14. The van der Waals surface area contributed by atoms with Gasteiger partial charge < -0.3 is 4.74 Å². The standard InChI is InChI=1S/C31H29NO3/c1-5-9-23-16-20(3)28(21(4)17-23)29-27(35-31(34)24-13-11-22(6-2)12-14-24)19-25(30(29)33)18-26-10-7-8-15-32-26/h7-8,10-17,25H,6,18-19H2,1-4H3. The summed E-state index contributed by atoms with van der Waals surface area (Å²) in [5.41, 5.74) is 6.55. The van der Waals surface area contributed by atoms with Gasteiger partial charge in [0.25, 0.3) is 0 Å². The maximum atomic E-state index is 13.7. The van der Waals surface area contributed by atoms with Gasteiger partial charge in [-0.25, -0.2) is 4.79 Å². The third-order valence-electron chi connectivity index (χ3n) is 6.38. The molecule has 0 spiro atoms. The van der Waals surface area contributed by atoms with Crippen molar-refractivity contribution in [2.45, 2.75) is 47.0 Å². The van der Waals surface area contributed by atoms with Crippen LogP contribution < -0.4 is 0 Å². The van der Waals surface area contributed by atoms with Crippen LogP contribution in [-0.4, -0.2) is 16.7 Å². The lowest BCUT2D eigenvalue weighted by Gasteiger charge is -2.14. The molecule has 3 aromatic rings.